The summed E-state index contributed by atoms with van der Waals surface area (Å²) in [5.41, 5.74) is 19.0. The molecule has 10 aromatic heterocycles. The molecule has 0 N–H and O–H groups in total. The van der Waals surface area contributed by atoms with E-state index in [4.69, 9.17) is 29.8 Å². The summed E-state index contributed by atoms with van der Waals surface area (Å²) < 4.78 is 72.9. The summed E-state index contributed by atoms with van der Waals surface area (Å²) in [6.45, 7) is 0. The van der Waals surface area contributed by atoms with Gasteiger partial charge in [-0.2, -0.15) is 69.9 Å². The van der Waals surface area contributed by atoms with Crippen molar-refractivity contribution in [3.05, 3.63) is 474 Å². The summed E-state index contributed by atoms with van der Waals surface area (Å²) >= 11 is 0. The molecule has 26 aromatic rings. The van der Waals surface area contributed by atoms with Crippen molar-refractivity contribution in [1.82, 2.24) is 62.6 Å². The molecule has 144 heavy (non-hydrogen) atoms. The molecule has 0 radical (unpaired) electrons. The quantitative estimate of drug-likeness (QED) is 0.0746. The van der Waals surface area contributed by atoms with Gasteiger partial charge in [0.05, 0.1) is 87.3 Å². The van der Waals surface area contributed by atoms with E-state index in [0.717, 1.165) is 133 Å². The Morgan fingerprint density at radius 2 is 0.562 bits per heavy atom. The molecule has 0 aliphatic carbocycles. The summed E-state index contributed by atoms with van der Waals surface area (Å²) in [6.07, 6.45) is 16.7. The molecule has 3 unspecified atom stereocenters. The standard InChI is InChI=1S/C44H26N5OP.2C38H23N4O2P.3Pt/c50-51(31-21-23-35-34-13-3-7-17-40(34)49(41(35)26-31)44-19-9-10-24-45-44)42-18-8-4-14-36(42)37-22-20-29(25-43(37)51)47-28-30(27-46-47)48-38-15-5-1-11-32(38)33-12-2-6-16-39(33)48;43-45(29-11-9-10-28(23-29)44-38-18-7-8-21-39-38)36-17-6-3-14-32(36)33-20-19-26(22-37(33)45)41-25-27(24-40-41)42-34-15-4-1-12-30(34)31-13-2-5-16-35(31)42;43-45(36-17-6-3-14-32(36)33-20-19-28(23-37(33)45)44-38-18-7-8-21-39-38)29-11-9-10-26(22-29)41-25-27(24-40-41)42-34-15-4-1-12-30(34)31-13-2-5-16-35(31)42;;;/h1-24,27-28H;2*1-21,24-25H;;;/q3*-2;3*+2. The van der Waals surface area contributed by atoms with E-state index in [-0.39, 0.29) is 63.2 Å². The van der Waals surface area contributed by atoms with Crippen LogP contribution in [0.3, 0.4) is 0 Å². The average Bonchev–Trinajstić information content (AvgIpc) is 1.55. The van der Waals surface area contributed by atoms with E-state index in [2.05, 4.69) is 241 Å². The van der Waals surface area contributed by atoms with Crippen LogP contribution < -0.4 is 57.2 Å². The van der Waals surface area contributed by atoms with Crippen LogP contribution in [-0.4, -0.2) is 62.6 Å². The molecule has 13 heterocycles. The van der Waals surface area contributed by atoms with Gasteiger partial charge in [0.1, 0.15) is 27.2 Å². The molecule has 692 valence electrons. The molecule has 0 spiro atoms. The van der Waals surface area contributed by atoms with E-state index in [1.165, 1.54) is 32.3 Å². The normalized spacial score (nSPS) is 14.9. The Bertz CT molecular complexity index is 9600. The van der Waals surface area contributed by atoms with Crippen LogP contribution in [0.5, 0.6) is 23.3 Å². The number of aromatic nitrogens is 13. The van der Waals surface area contributed by atoms with Gasteiger partial charge < -0.3 is 41.4 Å². The van der Waals surface area contributed by atoms with Gasteiger partial charge in [0.15, 0.2) is 0 Å². The summed E-state index contributed by atoms with van der Waals surface area (Å²) in [5.74, 6) is 2.59. The second-order valence-corrected chi connectivity index (χ2v) is 42.6. The summed E-state index contributed by atoms with van der Waals surface area (Å²) in [5, 5.41) is 29.6. The van der Waals surface area contributed by atoms with Crippen LogP contribution >= 0.6 is 21.4 Å². The molecule has 0 saturated heterocycles. The number of hydrogen-bond donors (Lipinski definition) is 0. The van der Waals surface area contributed by atoms with Gasteiger partial charge in [0, 0.05) is 96.0 Å². The number of pyridine rings is 3. The Hall–Kier alpha value is -15.8. The predicted molar refractivity (Wildman–Crippen MR) is 563 cm³/mol. The first-order chi connectivity index (χ1) is 69.5. The first-order valence-corrected chi connectivity index (χ1v) is 51.2. The number of benzene rings is 16. The molecule has 0 amide bonds. The van der Waals surface area contributed by atoms with Crippen molar-refractivity contribution in [2.45, 2.75) is 0 Å². The van der Waals surface area contributed by atoms with Crippen molar-refractivity contribution in [1.29, 1.82) is 0 Å². The third kappa shape index (κ3) is 14.7. The number of nitrogens with zero attached hydrogens (tertiary/aromatic N) is 13. The number of ether oxygens (including phenoxy) is 2. The fourth-order valence-electron chi connectivity index (χ4n) is 20.7. The van der Waals surface area contributed by atoms with Crippen LogP contribution in [-0.2, 0) is 76.9 Å². The number of hydrogen-bond acceptors (Lipinski definition) is 11. The maximum absolute atomic E-state index is 15.9. The van der Waals surface area contributed by atoms with Crippen molar-refractivity contribution in [2.75, 3.05) is 0 Å². The minimum absolute atomic E-state index is 0. The van der Waals surface area contributed by atoms with Gasteiger partial charge in [-0.15, -0.1) is 88.8 Å². The second kappa shape index (κ2) is 36.6. The topological polar surface area (TPSA) is 182 Å². The molecule has 3 atom stereocenters. The Kier molecular flexibility index (Phi) is 23.0. The SMILES string of the molecule is O=P1(c2[c-]c(-n3cc(-n4c5ccccc5c5ccccc54)cn3)ccc2)c2[c-]c(Oc3ccccn3)ccc2-c2ccccc21.O=P1(c2[c-]c(Oc3ccccn3)ccc2)c2[c-]c(-n3cc(-n4c5ccccc5c5ccccc54)cn3)ccc2-c2ccccc21.O=P1(c2[c-]c3c(cc2)c2ccccc2n3-c2ccccn2)c2[c-]c(-n3cc(-n4c5ccccc5c5ccccc54)cn3)ccc2-c2ccccc21.[Pt+2].[Pt+2].[Pt+2]. The van der Waals surface area contributed by atoms with Gasteiger partial charge >= 0.3 is 63.2 Å². The molecular formula is C120H72N13O5P3Pt3. The van der Waals surface area contributed by atoms with Crippen molar-refractivity contribution in [3.63, 3.8) is 0 Å². The van der Waals surface area contributed by atoms with Crippen LogP contribution in [0.2, 0.25) is 0 Å². The van der Waals surface area contributed by atoms with Crippen molar-refractivity contribution in [2.24, 2.45) is 0 Å². The molecule has 0 fully saturated rings. The first-order valence-electron chi connectivity index (χ1n) is 46.1. The van der Waals surface area contributed by atoms with Gasteiger partial charge in [-0.1, -0.05) is 272 Å². The van der Waals surface area contributed by atoms with E-state index in [1.807, 2.05) is 230 Å². The number of fused-ring (bicyclic) bond motifs is 21. The Morgan fingerprint density at radius 3 is 0.965 bits per heavy atom. The van der Waals surface area contributed by atoms with Crippen LogP contribution in [0.1, 0.15) is 0 Å². The van der Waals surface area contributed by atoms with Crippen LogP contribution in [0.25, 0.3) is 161 Å². The predicted octanol–water partition coefficient (Wildman–Crippen LogP) is 23.4. The van der Waals surface area contributed by atoms with E-state index in [9.17, 15) is 0 Å². The minimum atomic E-state index is -3.41. The molecule has 3 aliphatic heterocycles. The molecular weight excluding hydrogens is 2380 g/mol. The molecule has 29 rings (SSSR count). The number of rotatable bonds is 14. The smallest absolute Gasteiger partial charge is 0.466 e. The third-order valence-electron chi connectivity index (χ3n) is 26.9. The largest absolute Gasteiger partial charge is 2.00 e. The minimum Gasteiger partial charge on any atom is -0.466 e. The van der Waals surface area contributed by atoms with Crippen LogP contribution in [0.4, 0.5) is 0 Å². The average molecular weight is 2450 g/mol. The maximum atomic E-state index is 15.9. The van der Waals surface area contributed by atoms with Crippen molar-refractivity contribution in [3.8, 4) is 96.6 Å². The summed E-state index contributed by atoms with van der Waals surface area (Å²) in [4.78, 5) is 13.2. The Morgan fingerprint density at radius 1 is 0.236 bits per heavy atom. The van der Waals surface area contributed by atoms with Crippen LogP contribution in [0, 0.1) is 36.4 Å². The fraction of sp³-hybridized carbons (Fsp3) is 0. The zero-order valence-corrected chi connectivity index (χ0v) is 85.2. The molecule has 18 nitrogen and oxygen atoms in total. The third-order valence-corrected chi connectivity index (χ3v) is 35.9. The fourth-order valence-corrected chi connectivity index (χ4v) is 29.5. The molecule has 0 saturated carbocycles. The Balaban J connectivity index is 0.000000115. The Labute approximate surface area is 868 Å². The summed E-state index contributed by atoms with van der Waals surface area (Å²) in [6, 6.07) is 147. The molecule has 24 heteroatoms. The van der Waals surface area contributed by atoms with Crippen LogP contribution in [0.15, 0.2) is 438 Å². The van der Waals surface area contributed by atoms with Gasteiger partial charge in [-0.25, -0.2) is 15.0 Å². The maximum Gasteiger partial charge on any atom is 2.00 e. The van der Waals surface area contributed by atoms with E-state index in [1.54, 1.807) is 46.2 Å². The summed E-state index contributed by atoms with van der Waals surface area (Å²) in [7, 11) is -10.1. The van der Waals surface area contributed by atoms with E-state index >= 15 is 13.7 Å². The first kappa shape index (κ1) is 90.7. The number of para-hydroxylation sites is 7. The van der Waals surface area contributed by atoms with Gasteiger partial charge in [-0.05, 0) is 89.2 Å². The van der Waals surface area contributed by atoms with Gasteiger partial charge in [0.25, 0.3) is 0 Å². The van der Waals surface area contributed by atoms with E-state index < -0.39 is 21.4 Å². The van der Waals surface area contributed by atoms with Gasteiger partial charge in [0.2, 0.25) is 11.8 Å². The van der Waals surface area contributed by atoms with Crippen molar-refractivity contribution < 1.29 is 86.4 Å². The van der Waals surface area contributed by atoms with Gasteiger partial charge in [-0.3, -0.25) is 14.0 Å². The molecule has 3 aliphatic rings. The molecule has 0 bridgehead atoms. The second-order valence-electron chi connectivity index (χ2n) is 34.7. The zero-order valence-electron chi connectivity index (χ0n) is 75.7. The zero-order chi connectivity index (χ0) is 93.6. The van der Waals surface area contributed by atoms with Crippen molar-refractivity contribution >= 4 is 156 Å². The molecule has 16 aromatic carbocycles. The van der Waals surface area contributed by atoms with E-state index in [0.29, 0.717) is 66.5 Å². The monoisotopic (exact) mass is 2450 g/mol.